The van der Waals surface area contributed by atoms with Crippen molar-refractivity contribution in [2.24, 2.45) is 0 Å². The molecule has 0 saturated heterocycles. The predicted octanol–water partition coefficient (Wildman–Crippen LogP) is 1.19. The molecule has 0 saturated carbocycles. The van der Waals surface area contributed by atoms with E-state index in [1.807, 2.05) is 20.8 Å². The molecule has 8 nitrogen and oxygen atoms in total. The molecule has 126 valence electrons. The van der Waals surface area contributed by atoms with Gasteiger partial charge in [0.05, 0.1) is 25.4 Å². The van der Waals surface area contributed by atoms with Crippen molar-refractivity contribution in [2.75, 3.05) is 20.2 Å². The lowest BCUT2D eigenvalue weighted by molar-refractivity contribution is -0.103. The minimum absolute atomic E-state index is 0.234. The monoisotopic (exact) mass is 322 g/mol. The lowest BCUT2D eigenvalue weighted by Crippen LogP contribution is -2.40. The van der Waals surface area contributed by atoms with Crippen LogP contribution in [-0.2, 0) is 29.1 Å². The van der Waals surface area contributed by atoms with Crippen molar-refractivity contribution in [2.45, 2.75) is 45.9 Å². The summed E-state index contributed by atoms with van der Waals surface area (Å²) in [7, 11) is 1.59. The third-order valence-corrected chi connectivity index (χ3v) is 3.83. The summed E-state index contributed by atoms with van der Waals surface area (Å²) in [4.78, 5) is 31.7. The molecule has 2 amide bonds. The molecule has 0 aromatic carbocycles. The highest BCUT2D eigenvalue weighted by Gasteiger charge is 2.34. The number of amides is 2. The van der Waals surface area contributed by atoms with Gasteiger partial charge in [0.15, 0.2) is 0 Å². The van der Waals surface area contributed by atoms with Gasteiger partial charge in [0.2, 0.25) is 0 Å². The molecule has 2 aliphatic heterocycles. The van der Waals surface area contributed by atoms with E-state index in [2.05, 4.69) is 5.10 Å². The van der Waals surface area contributed by atoms with Gasteiger partial charge in [-0.3, -0.25) is 14.3 Å². The zero-order valence-corrected chi connectivity index (χ0v) is 14.0. The van der Waals surface area contributed by atoms with Gasteiger partial charge in [-0.05, 0) is 20.8 Å². The van der Waals surface area contributed by atoms with E-state index >= 15 is 0 Å². The Kier molecular flexibility index (Phi) is 3.79. The predicted molar refractivity (Wildman–Crippen MR) is 80.6 cm³/mol. The zero-order chi connectivity index (χ0) is 16.8. The highest BCUT2D eigenvalue weighted by molar-refractivity contribution is 5.93. The second-order valence-corrected chi connectivity index (χ2v) is 6.78. The molecule has 0 atom stereocenters. The Labute approximate surface area is 134 Å². The molecular weight excluding hydrogens is 300 g/mol. The van der Waals surface area contributed by atoms with E-state index in [1.54, 1.807) is 16.6 Å². The second-order valence-electron chi connectivity index (χ2n) is 6.78. The number of nitrogens with zero attached hydrogens (tertiary/aromatic N) is 4. The summed E-state index contributed by atoms with van der Waals surface area (Å²) >= 11 is 0. The van der Waals surface area contributed by atoms with Gasteiger partial charge in [-0.1, -0.05) is 0 Å². The number of hydrogen-bond acceptors (Lipinski definition) is 5. The summed E-state index contributed by atoms with van der Waals surface area (Å²) in [6.45, 7) is 7.29. The fourth-order valence-electron chi connectivity index (χ4n) is 2.78. The average Bonchev–Trinajstić information content (AvgIpc) is 2.75. The van der Waals surface area contributed by atoms with Gasteiger partial charge in [-0.25, -0.2) is 9.86 Å². The van der Waals surface area contributed by atoms with E-state index in [0.717, 1.165) is 11.3 Å². The van der Waals surface area contributed by atoms with Gasteiger partial charge in [-0.2, -0.15) is 5.10 Å². The van der Waals surface area contributed by atoms with Crippen molar-refractivity contribution in [3.05, 3.63) is 17.0 Å². The summed E-state index contributed by atoms with van der Waals surface area (Å²) in [6.07, 6.45) is 0.251. The summed E-state index contributed by atoms with van der Waals surface area (Å²) in [5.41, 5.74) is 1.64. The Hall–Kier alpha value is -2.09. The first-order chi connectivity index (χ1) is 10.8. The number of rotatable bonds is 0. The molecule has 0 bridgehead atoms. The molecular formula is C15H22N4O4. The van der Waals surface area contributed by atoms with Crippen LogP contribution in [0.2, 0.25) is 0 Å². The molecule has 0 fully saturated rings. The topological polar surface area (TPSA) is 76.9 Å². The van der Waals surface area contributed by atoms with Crippen molar-refractivity contribution in [1.29, 1.82) is 0 Å². The Morgan fingerprint density at radius 2 is 2.04 bits per heavy atom. The van der Waals surface area contributed by atoms with Gasteiger partial charge in [0.1, 0.15) is 11.3 Å². The van der Waals surface area contributed by atoms with Gasteiger partial charge in [0.25, 0.3) is 5.91 Å². The van der Waals surface area contributed by atoms with Crippen molar-refractivity contribution in [3.8, 4) is 0 Å². The second kappa shape index (κ2) is 5.52. The maximum atomic E-state index is 12.5. The van der Waals surface area contributed by atoms with E-state index in [1.165, 1.54) is 5.06 Å². The molecule has 0 N–H and O–H groups in total. The summed E-state index contributed by atoms with van der Waals surface area (Å²) < 4.78 is 7.11. The molecule has 3 heterocycles. The molecule has 0 spiro atoms. The van der Waals surface area contributed by atoms with E-state index in [4.69, 9.17) is 9.57 Å². The van der Waals surface area contributed by atoms with Crippen LogP contribution in [-0.4, -0.2) is 57.5 Å². The molecule has 2 aliphatic rings. The highest BCUT2D eigenvalue weighted by Crippen LogP contribution is 2.26. The molecule has 23 heavy (non-hydrogen) atoms. The molecule has 8 heteroatoms. The summed E-state index contributed by atoms with van der Waals surface area (Å²) in [6, 6.07) is 0. The Morgan fingerprint density at radius 3 is 2.74 bits per heavy atom. The Morgan fingerprint density at radius 1 is 1.30 bits per heavy atom. The van der Waals surface area contributed by atoms with Crippen LogP contribution in [0.15, 0.2) is 0 Å². The third-order valence-electron chi connectivity index (χ3n) is 3.83. The van der Waals surface area contributed by atoms with Crippen LogP contribution in [0.3, 0.4) is 0 Å². The minimum Gasteiger partial charge on any atom is -0.444 e. The maximum absolute atomic E-state index is 12.5. The first-order valence-electron chi connectivity index (χ1n) is 7.74. The van der Waals surface area contributed by atoms with E-state index in [0.29, 0.717) is 38.4 Å². The van der Waals surface area contributed by atoms with Gasteiger partial charge >= 0.3 is 6.09 Å². The number of carbonyl (C=O) groups is 2. The standard InChI is InChI=1S/C15H22N4O4/c1-15(2,3)23-14(21)18-6-5-11-10(9-18)12-13(20)17(4)22-8-7-19(12)16-11/h5-9H2,1-4H3. The van der Waals surface area contributed by atoms with Crippen LogP contribution in [0.25, 0.3) is 0 Å². The number of fused-ring (bicyclic) bond motifs is 3. The smallest absolute Gasteiger partial charge is 0.410 e. The lowest BCUT2D eigenvalue weighted by atomic mass is 10.1. The molecule has 0 radical (unpaired) electrons. The number of hydroxylamine groups is 2. The molecule has 1 aromatic heterocycles. The van der Waals surface area contributed by atoms with Crippen LogP contribution in [0.4, 0.5) is 4.79 Å². The quantitative estimate of drug-likeness (QED) is 0.717. The first-order valence-corrected chi connectivity index (χ1v) is 7.74. The van der Waals surface area contributed by atoms with Gasteiger partial charge in [0, 0.05) is 25.6 Å². The van der Waals surface area contributed by atoms with Crippen molar-refractivity contribution < 1.29 is 19.2 Å². The minimum atomic E-state index is -0.544. The fourth-order valence-corrected chi connectivity index (χ4v) is 2.78. The molecule has 0 unspecified atom stereocenters. The van der Waals surface area contributed by atoms with Crippen molar-refractivity contribution in [1.82, 2.24) is 19.7 Å². The summed E-state index contributed by atoms with van der Waals surface area (Å²) in [5, 5.41) is 5.74. The van der Waals surface area contributed by atoms with E-state index < -0.39 is 5.60 Å². The van der Waals surface area contributed by atoms with Crippen LogP contribution in [0.5, 0.6) is 0 Å². The first kappa shape index (κ1) is 15.8. The average molecular weight is 322 g/mol. The Bertz CT molecular complexity index is 647. The fraction of sp³-hybridized carbons (Fsp3) is 0.667. The Balaban J connectivity index is 1.87. The van der Waals surface area contributed by atoms with Gasteiger partial charge < -0.3 is 9.64 Å². The van der Waals surface area contributed by atoms with Crippen LogP contribution < -0.4 is 0 Å². The molecule has 3 rings (SSSR count). The summed E-state index contributed by atoms with van der Waals surface area (Å²) in [5.74, 6) is -0.234. The SMILES string of the molecule is CN1OCCn2nc3c(c2C1=O)CN(C(=O)OC(C)(C)C)CC3. The van der Waals surface area contributed by atoms with Crippen LogP contribution in [0.1, 0.15) is 42.5 Å². The van der Waals surface area contributed by atoms with E-state index in [-0.39, 0.29) is 12.0 Å². The van der Waals surface area contributed by atoms with Crippen molar-refractivity contribution in [3.63, 3.8) is 0 Å². The van der Waals surface area contributed by atoms with Gasteiger partial charge in [-0.15, -0.1) is 0 Å². The number of hydrogen-bond donors (Lipinski definition) is 0. The zero-order valence-electron chi connectivity index (χ0n) is 14.0. The van der Waals surface area contributed by atoms with Crippen LogP contribution in [0, 0.1) is 0 Å². The largest absolute Gasteiger partial charge is 0.444 e. The highest BCUT2D eigenvalue weighted by atomic mass is 16.7. The normalized spacial score (nSPS) is 18.3. The molecule has 1 aromatic rings. The van der Waals surface area contributed by atoms with E-state index in [9.17, 15) is 9.59 Å². The number of ether oxygens (including phenoxy) is 1. The maximum Gasteiger partial charge on any atom is 0.410 e. The number of aromatic nitrogens is 2. The third kappa shape index (κ3) is 3.03. The number of carbonyl (C=O) groups excluding carboxylic acids is 2. The lowest BCUT2D eigenvalue weighted by Gasteiger charge is -2.30. The van der Waals surface area contributed by atoms with Crippen molar-refractivity contribution >= 4 is 12.0 Å². The molecule has 0 aliphatic carbocycles. The van der Waals surface area contributed by atoms with Crippen LogP contribution >= 0.6 is 0 Å².